The van der Waals surface area contributed by atoms with Gasteiger partial charge in [-0.05, 0) is 37.1 Å². The molecule has 0 radical (unpaired) electrons. The number of hydrogen-bond donors (Lipinski definition) is 0. The average Bonchev–Trinajstić information content (AvgIpc) is 3.07. The Labute approximate surface area is 115 Å². The van der Waals surface area contributed by atoms with Gasteiger partial charge in [0.15, 0.2) is 5.82 Å². The van der Waals surface area contributed by atoms with Gasteiger partial charge in [0.25, 0.3) is 0 Å². The second kappa shape index (κ2) is 5.28. The molecule has 0 bridgehead atoms. The summed E-state index contributed by atoms with van der Waals surface area (Å²) >= 11 is 1.56. The summed E-state index contributed by atoms with van der Waals surface area (Å²) in [5, 5.41) is 16.7. The molecule has 1 aliphatic carbocycles. The normalized spacial score (nSPS) is 18.0. The second-order valence-corrected chi connectivity index (χ2v) is 6.09. The minimum absolute atomic E-state index is 0.0485. The van der Waals surface area contributed by atoms with Crippen molar-refractivity contribution in [1.29, 1.82) is 0 Å². The summed E-state index contributed by atoms with van der Waals surface area (Å²) in [6.45, 7) is 3.83. The van der Waals surface area contributed by atoms with Gasteiger partial charge in [-0.2, -0.15) is 4.98 Å². The third-order valence-electron chi connectivity index (χ3n) is 3.31. The Bertz CT molecular complexity index is 547. The third kappa shape index (κ3) is 2.63. The zero-order valence-corrected chi connectivity index (χ0v) is 11.8. The zero-order chi connectivity index (χ0) is 13.2. The molecule has 0 saturated heterocycles. The molecule has 1 fully saturated rings. The highest BCUT2D eigenvalue weighted by Crippen LogP contribution is 2.36. The van der Waals surface area contributed by atoms with Crippen LogP contribution in [0.3, 0.4) is 0 Å². The van der Waals surface area contributed by atoms with Crippen LogP contribution in [0.15, 0.2) is 9.68 Å². The molecule has 19 heavy (non-hydrogen) atoms. The molecule has 0 N–H and O–H groups in total. The van der Waals surface area contributed by atoms with E-state index in [1.54, 1.807) is 11.8 Å². The average molecular weight is 280 g/mol. The predicted octanol–water partition coefficient (Wildman–Crippen LogP) is 2.33. The van der Waals surface area contributed by atoms with Crippen molar-refractivity contribution in [2.24, 2.45) is 0 Å². The second-order valence-electron chi connectivity index (χ2n) is 4.78. The Morgan fingerprint density at radius 3 is 2.84 bits per heavy atom. The zero-order valence-electron chi connectivity index (χ0n) is 11.0. The van der Waals surface area contributed by atoms with Crippen LogP contribution in [0.2, 0.25) is 0 Å². The third-order valence-corrected chi connectivity index (χ3v) is 4.34. The van der Waals surface area contributed by atoms with Gasteiger partial charge in [-0.15, -0.1) is 5.10 Å². The summed E-state index contributed by atoms with van der Waals surface area (Å²) in [5.41, 5.74) is 0. The van der Waals surface area contributed by atoms with E-state index in [1.807, 2.05) is 18.5 Å². The summed E-state index contributed by atoms with van der Waals surface area (Å²) in [4.78, 5) is 4.24. The van der Waals surface area contributed by atoms with Crippen LogP contribution in [-0.2, 0) is 0 Å². The highest BCUT2D eigenvalue weighted by molar-refractivity contribution is 7.99. The van der Waals surface area contributed by atoms with E-state index < -0.39 is 0 Å². The summed E-state index contributed by atoms with van der Waals surface area (Å²) in [6.07, 6.45) is 4.83. The first-order valence-corrected chi connectivity index (χ1v) is 7.36. The van der Waals surface area contributed by atoms with E-state index in [0.29, 0.717) is 17.8 Å². The molecule has 1 aliphatic rings. The molecular formula is C11H16N6OS. The molecule has 0 aliphatic heterocycles. The fourth-order valence-corrected chi connectivity index (χ4v) is 3.22. The van der Waals surface area contributed by atoms with Gasteiger partial charge in [0.05, 0.1) is 11.3 Å². The van der Waals surface area contributed by atoms with Crippen molar-refractivity contribution in [3.63, 3.8) is 0 Å². The fourth-order valence-electron chi connectivity index (χ4n) is 2.33. The molecule has 7 nitrogen and oxygen atoms in total. The molecule has 2 heterocycles. The van der Waals surface area contributed by atoms with Gasteiger partial charge in [-0.3, -0.25) is 0 Å². The van der Waals surface area contributed by atoms with E-state index in [-0.39, 0.29) is 5.25 Å². The van der Waals surface area contributed by atoms with Crippen LogP contribution in [0.25, 0.3) is 0 Å². The minimum atomic E-state index is 0.0485. The Morgan fingerprint density at radius 1 is 1.37 bits per heavy atom. The largest absolute Gasteiger partial charge is 0.338 e. The monoisotopic (exact) mass is 280 g/mol. The molecule has 102 valence electrons. The lowest BCUT2D eigenvalue weighted by Gasteiger charge is -2.12. The maximum atomic E-state index is 5.18. The molecule has 2 aromatic rings. The van der Waals surface area contributed by atoms with E-state index >= 15 is 0 Å². The number of aromatic nitrogens is 6. The standard InChI is InChI=1S/C11H16N6OS/c1-7(10-12-8(2)14-18-10)19-11-13-15-16-17(11)9-5-3-4-6-9/h7,9H,3-6H2,1-2H3/t7-/m1/s1. The van der Waals surface area contributed by atoms with Gasteiger partial charge in [0.1, 0.15) is 0 Å². The Kier molecular flexibility index (Phi) is 3.50. The fraction of sp³-hybridized carbons (Fsp3) is 0.727. The number of aryl methyl sites for hydroxylation is 1. The van der Waals surface area contributed by atoms with Crippen LogP contribution >= 0.6 is 11.8 Å². The van der Waals surface area contributed by atoms with E-state index in [4.69, 9.17) is 4.52 Å². The molecule has 1 saturated carbocycles. The van der Waals surface area contributed by atoms with Gasteiger partial charge in [0.2, 0.25) is 11.0 Å². The number of thioether (sulfide) groups is 1. The van der Waals surface area contributed by atoms with Crippen molar-refractivity contribution in [1.82, 2.24) is 30.3 Å². The molecule has 0 spiro atoms. The molecule has 0 unspecified atom stereocenters. The summed E-state index contributed by atoms with van der Waals surface area (Å²) in [6, 6.07) is 0.439. The summed E-state index contributed by atoms with van der Waals surface area (Å²) in [5.74, 6) is 1.27. The molecule has 1 atom stereocenters. The van der Waals surface area contributed by atoms with Gasteiger partial charge >= 0.3 is 0 Å². The summed E-state index contributed by atoms with van der Waals surface area (Å²) in [7, 11) is 0. The van der Waals surface area contributed by atoms with E-state index in [9.17, 15) is 0 Å². The molecular weight excluding hydrogens is 264 g/mol. The van der Waals surface area contributed by atoms with E-state index in [0.717, 1.165) is 18.0 Å². The topological polar surface area (TPSA) is 82.5 Å². The van der Waals surface area contributed by atoms with Crippen LogP contribution in [0.5, 0.6) is 0 Å². The lowest BCUT2D eigenvalue weighted by atomic mass is 10.3. The number of tetrazole rings is 1. The maximum Gasteiger partial charge on any atom is 0.239 e. The molecule has 0 amide bonds. The van der Waals surface area contributed by atoms with Crippen molar-refractivity contribution < 1.29 is 4.52 Å². The van der Waals surface area contributed by atoms with E-state index in [2.05, 4.69) is 25.7 Å². The lowest BCUT2D eigenvalue weighted by molar-refractivity contribution is 0.375. The highest BCUT2D eigenvalue weighted by atomic mass is 32.2. The van der Waals surface area contributed by atoms with Gasteiger partial charge < -0.3 is 4.52 Å². The van der Waals surface area contributed by atoms with Crippen molar-refractivity contribution in [2.45, 2.75) is 56.0 Å². The molecule has 3 rings (SSSR count). The smallest absolute Gasteiger partial charge is 0.239 e. The van der Waals surface area contributed by atoms with Crippen LogP contribution in [0.4, 0.5) is 0 Å². The SMILES string of the molecule is Cc1noc([C@@H](C)Sc2nnnn2C2CCCC2)n1. The Morgan fingerprint density at radius 2 is 2.16 bits per heavy atom. The molecule has 2 aromatic heterocycles. The Balaban J connectivity index is 1.74. The van der Waals surface area contributed by atoms with Crippen LogP contribution in [0, 0.1) is 6.92 Å². The number of hydrogen-bond acceptors (Lipinski definition) is 7. The first-order chi connectivity index (χ1) is 9.24. The van der Waals surface area contributed by atoms with Gasteiger partial charge in [-0.1, -0.05) is 29.8 Å². The number of rotatable bonds is 4. The molecule has 8 heteroatoms. The van der Waals surface area contributed by atoms with Crippen molar-refractivity contribution in [2.75, 3.05) is 0 Å². The van der Waals surface area contributed by atoms with Crippen LogP contribution < -0.4 is 0 Å². The van der Waals surface area contributed by atoms with Crippen molar-refractivity contribution >= 4 is 11.8 Å². The first kappa shape index (κ1) is 12.6. The maximum absolute atomic E-state index is 5.18. The Hall–Kier alpha value is -1.44. The summed E-state index contributed by atoms with van der Waals surface area (Å²) < 4.78 is 7.12. The van der Waals surface area contributed by atoms with Crippen LogP contribution in [0.1, 0.15) is 55.6 Å². The predicted molar refractivity (Wildman–Crippen MR) is 68.6 cm³/mol. The van der Waals surface area contributed by atoms with Gasteiger partial charge in [-0.25, -0.2) is 4.68 Å². The lowest BCUT2D eigenvalue weighted by Crippen LogP contribution is -2.08. The van der Waals surface area contributed by atoms with Crippen molar-refractivity contribution in [3.05, 3.63) is 11.7 Å². The quantitative estimate of drug-likeness (QED) is 0.795. The molecule has 0 aromatic carbocycles. The van der Waals surface area contributed by atoms with Crippen molar-refractivity contribution in [3.8, 4) is 0 Å². The van der Waals surface area contributed by atoms with Gasteiger partial charge in [0, 0.05) is 0 Å². The number of nitrogens with zero attached hydrogens (tertiary/aromatic N) is 6. The minimum Gasteiger partial charge on any atom is -0.338 e. The van der Waals surface area contributed by atoms with E-state index in [1.165, 1.54) is 12.8 Å². The first-order valence-electron chi connectivity index (χ1n) is 6.49. The van der Waals surface area contributed by atoms with Crippen LogP contribution in [-0.4, -0.2) is 30.3 Å². The highest BCUT2D eigenvalue weighted by Gasteiger charge is 2.24.